The molecule has 170 valence electrons. The van der Waals surface area contributed by atoms with Gasteiger partial charge in [0.15, 0.2) is 0 Å². The van der Waals surface area contributed by atoms with Crippen LogP contribution >= 0.6 is 11.6 Å². The molecule has 2 aliphatic rings. The largest absolute Gasteiger partial charge is 0.354 e. The Morgan fingerprint density at radius 1 is 1.06 bits per heavy atom. The van der Waals surface area contributed by atoms with E-state index < -0.39 is 6.04 Å². The second-order valence-electron chi connectivity index (χ2n) is 9.29. The minimum absolute atomic E-state index is 0.0126. The van der Waals surface area contributed by atoms with Crippen molar-refractivity contribution >= 4 is 29.1 Å². The molecule has 0 radical (unpaired) electrons. The Bertz CT molecular complexity index is 923. The zero-order chi connectivity index (χ0) is 22.6. The monoisotopic (exact) mass is 454 g/mol. The van der Waals surface area contributed by atoms with Crippen LogP contribution in [0.1, 0.15) is 50.5 Å². The average Bonchev–Trinajstić information content (AvgIpc) is 3.60. The van der Waals surface area contributed by atoms with Gasteiger partial charge >= 0.3 is 0 Å². The summed E-state index contributed by atoms with van der Waals surface area (Å²) >= 11 is 6.00. The third kappa shape index (κ3) is 5.67. The Morgan fingerprint density at radius 3 is 2.34 bits per heavy atom. The van der Waals surface area contributed by atoms with Gasteiger partial charge in [-0.2, -0.15) is 0 Å². The third-order valence-corrected chi connectivity index (χ3v) is 7.25. The van der Waals surface area contributed by atoms with Gasteiger partial charge in [0.05, 0.1) is 6.04 Å². The zero-order valence-electron chi connectivity index (χ0n) is 18.2. The number of amides is 2. The quantitative estimate of drug-likeness (QED) is 0.560. The van der Waals surface area contributed by atoms with Crippen LogP contribution in [0.3, 0.4) is 0 Å². The number of pyridine rings is 1. The second kappa shape index (κ2) is 10.0. The van der Waals surface area contributed by atoms with Gasteiger partial charge in [-0.1, -0.05) is 23.7 Å². The van der Waals surface area contributed by atoms with E-state index in [0.29, 0.717) is 18.9 Å². The van der Waals surface area contributed by atoms with Crippen molar-refractivity contribution < 1.29 is 9.59 Å². The van der Waals surface area contributed by atoms with Crippen molar-refractivity contribution in [1.29, 1.82) is 0 Å². The molecule has 0 aliphatic heterocycles. The molecule has 2 fully saturated rings. The standard InChI is InChI=1S/C25H31ClN4O2/c26-20-7-5-19(6-8-20)25(11-12-25)16-29-24(32)22(27)15-17-1-3-18(4-2-17)23(31)30-21-9-13-28-14-10-21/h5-10,13-14,17-18,22H,1-4,11-12,15-16,27H2,(H,29,32)(H,28,30,31). The highest BCUT2D eigenvalue weighted by atomic mass is 35.5. The van der Waals surface area contributed by atoms with Gasteiger partial charge in [-0.15, -0.1) is 0 Å². The molecule has 0 bridgehead atoms. The topological polar surface area (TPSA) is 97.1 Å². The highest BCUT2D eigenvalue weighted by Crippen LogP contribution is 2.47. The van der Waals surface area contributed by atoms with E-state index in [0.717, 1.165) is 49.2 Å². The second-order valence-corrected chi connectivity index (χ2v) is 9.73. The molecule has 1 unspecified atom stereocenters. The summed E-state index contributed by atoms with van der Waals surface area (Å²) in [6.45, 7) is 0.614. The molecule has 7 heteroatoms. The summed E-state index contributed by atoms with van der Waals surface area (Å²) in [4.78, 5) is 29.1. The van der Waals surface area contributed by atoms with Gasteiger partial charge in [0, 0.05) is 41.0 Å². The Morgan fingerprint density at radius 2 is 1.72 bits per heavy atom. The Labute approximate surface area is 194 Å². The molecule has 1 aromatic heterocycles. The first-order valence-electron chi connectivity index (χ1n) is 11.5. The van der Waals surface area contributed by atoms with E-state index in [1.54, 1.807) is 24.5 Å². The molecular formula is C25H31ClN4O2. The lowest BCUT2D eigenvalue weighted by Gasteiger charge is -2.29. The fourth-order valence-electron chi connectivity index (χ4n) is 4.72. The number of benzene rings is 1. The molecule has 1 heterocycles. The van der Waals surface area contributed by atoms with Crippen molar-refractivity contribution in [2.24, 2.45) is 17.6 Å². The smallest absolute Gasteiger partial charge is 0.236 e. The molecule has 1 aromatic carbocycles. The molecule has 4 rings (SSSR count). The predicted molar refractivity (Wildman–Crippen MR) is 126 cm³/mol. The van der Waals surface area contributed by atoms with Gasteiger partial charge in [-0.25, -0.2) is 0 Å². The van der Waals surface area contributed by atoms with Gasteiger partial charge in [0.2, 0.25) is 11.8 Å². The minimum atomic E-state index is -0.511. The summed E-state index contributed by atoms with van der Waals surface area (Å²) in [7, 11) is 0. The molecule has 4 N–H and O–H groups in total. The molecule has 2 saturated carbocycles. The van der Waals surface area contributed by atoms with Crippen molar-refractivity contribution in [2.75, 3.05) is 11.9 Å². The maximum atomic E-state index is 12.6. The van der Waals surface area contributed by atoms with Crippen molar-refractivity contribution in [2.45, 2.75) is 56.4 Å². The number of halogens is 1. The van der Waals surface area contributed by atoms with Crippen LogP contribution in [-0.4, -0.2) is 29.4 Å². The van der Waals surface area contributed by atoms with E-state index in [2.05, 4.69) is 15.6 Å². The van der Waals surface area contributed by atoms with Crippen LogP contribution in [0, 0.1) is 11.8 Å². The van der Waals surface area contributed by atoms with Gasteiger partial charge < -0.3 is 16.4 Å². The Hall–Kier alpha value is -2.44. The predicted octanol–water partition coefficient (Wildman–Crippen LogP) is 4.05. The molecule has 0 saturated heterocycles. The Balaban J connectivity index is 1.19. The van der Waals surface area contributed by atoms with E-state index >= 15 is 0 Å². The normalized spacial score (nSPS) is 22.6. The number of carbonyl (C=O) groups is 2. The Kier molecular flexibility index (Phi) is 7.11. The first-order chi connectivity index (χ1) is 15.4. The molecule has 6 nitrogen and oxygen atoms in total. The SMILES string of the molecule is NC(CC1CCC(C(=O)Nc2ccncc2)CC1)C(=O)NCC1(c2ccc(Cl)cc2)CC1. The summed E-state index contributed by atoms with van der Waals surface area (Å²) in [6.07, 6.45) is 9.63. The average molecular weight is 455 g/mol. The number of hydrogen-bond donors (Lipinski definition) is 3. The lowest BCUT2D eigenvalue weighted by atomic mass is 9.79. The maximum Gasteiger partial charge on any atom is 0.236 e. The highest BCUT2D eigenvalue weighted by molar-refractivity contribution is 6.30. The summed E-state index contributed by atoms with van der Waals surface area (Å²) < 4.78 is 0. The van der Waals surface area contributed by atoms with Gasteiger partial charge in [0.1, 0.15) is 0 Å². The van der Waals surface area contributed by atoms with Crippen LogP contribution in [0.4, 0.5) is 5.69 Å². The molecular weight excluding hydrogens is 424 g/mol. The number of anilines is 1. The summed E-state index contributed by atoms with van der Waals surface area (Å²) in [5.41, 5.74) is 8.26. The number of nitrogens with one attached hydrogen (secondary N) is 2. The molecule has 0 spiro atoms. The summed E-state index contributed by atoms with van der Waals surface area (Å²) in [6, 6.07) is 11.0. The van der Waals surface area contributed by atoms with Crippen LogP contribution in [0.2, 0.25) is 5.02 Å². The van der Waals surface area contributed by atoms with Crippen molar-refractivity contribution in [1.82, 2.24) is 10.3 Å². The summed E-state index contributed by atoms with van der Waals surface area (Å²) in [5.74, 6) is 0.377. The van der Waals surface area contributed by atoms with Crippen LogP contribution in [0.25, 0.3) is 0 Å². The zero-order valence-corrected chi connectivity index (χ0v) is 19.0. The fraction of sp³-hybridized carbons (Fsp3) is 0.480. The van der Waals surface area contributed by atoms with Gasteiger partial charge in [-0.3, -0.25) is 14.6 Å². The number of nitrogens with zero attached hydrogens (tertiary/aromatic N) is 1. The molecule has 2 aliphatic carbocycles. The lowest BCUT2D eigenvalue weighted by molar-refractivity contribution is -0.123. The lowest BCUT2D eigenvalue weighted by Crippen LogP contribution is -2.44. The molecule has 2 amide bonds. The minimum Gasteiger partial charge on any atom is -0.354 e. The maximum absolute atomic E-state index is 12.6. The van der Waals surface area contributed by atoms with E-state index in [4.69, 9.17) is 17.3 Å². The molecule has 2 aromatic rings. The first kappa shape index (κ1) is 22.7. The number of nitrogens with two attached hydrogens (primary N) is 1. The van der Waals surface area contributed by atoms with Gasteiger partial charge in [0.25, 0.3) is 0 Å². The van der Waals surface area contributed by atoms with Crippen molar-refractivity contribution in [3.8, 4) is 0 Å². The number of aromatic nitrogens is 1. The molecule has 1 atom stereocenters. The first-order valence-corrected chi connectivity index (χ1v) is 11.8. The van der Waals surface area contributed by atoms with E-state index in [-0.39, 0.29) is 23.1 Å². The van der Waals surface area contributed by atoms with Crippen LogP contribution in [-0.2, 0) is 15.0 Å². The summed E-state index contributed by atoms with van der Waals surface area (Å²) in [5, 5.41) is 6.76. The van der Waals surface area contributed by atoms with Crippen LogP contribution < -0.4 is 16.4 Å². The third-order valence-electron chi connectivity index (χ3n) is 7.00. The highest BCUT2D eigenvalue weighted by Gasteiger charge is 2.44. The fourth-order valence-corrected chi connectivity index (χ4v) is 4.84. The van der Waals surface area contributed by atoms with Crippen LogP contribution in [0.15, 0.2) is 48.8 Å². The van der Waals surface area contributed by atoms with Crippen molar-refractivity contribution in [3.63, 3.8) is 0 Å². The number of rotatable bonds is 8. The molecule has 32 heavy (non-hydrogen) atoms. The van der Waals surface area contributed by atoms with Gasteiger partial charge in [-0.05, 0) is 80.7 Å². The number of carbonyl (C=O) groups excluding carboxylic acids is 2. The van der Waals surface area contributed by atoms with E-state index in [1.807, 2.05) is 24.3 Å². The van der Waals surface area contributed by atoms with Crippen molar-refractivity contribution in [3.05, 3.63) is 59.4 Å². The van der Waals surface area contributed by atoms with E-state index in [9.17, 15) is 9.59 Å². The number of hydrogen-bond acceptors (Lipinski definition) is 4. The van der Waals surface area contributed by atoms with Crippen LogP contribution in [0.5, 0.6) is 0 Å². The van der Waals surface area contributed by atoms with E-state index in [1.165, 1.54) is 5.56 Å².